The molecular formula is C18H17Cl3N4O2S. The second-order valence-electron chi connectivity index (χ2n) is 5.69. The quantitative estimate of drug-likeness (QED) is 0.428. The fourth-order valence-corrected chi connectivity index (χ4v) is 3.44. The average molecular weight is 460 g/mol. The molecule has 0 bridgehead atoms. The highest BCUT2D eigenvalue weighted by Gasteiger charge is 2.15. The van der Waals surface area contributed by atoms with Gasteiger partial charge in [0.05, 0.1) is 18.2 Å². The molecule has 0 unspecified atom stereocenters. The van der Waals surface area contributed by atoms with Crippen molar-refractivity contribution in [2.75, 3.05) is 12.0 Å². The lowest BCUT2D eigenvalue weighted by Gasteiger charge is -2.16. The van der Waals surface area contributed by atoms with Crippen LogP contribution in [0.4, 0.5) is 0 Å². The molecule has 1 heterocycles. The lowest BCUT2D eigenvalue weighted by molar-refractivity contribution is 0.269. The van der Waals surface area contributed by atoms with Crippen molar-refractivity contribution < 1.29 is 9.47 Å². The van der Waals surface area contributed by atoms with Crippen molar-refractivity contribution in [1.29, 1.82) is 0 Å². The number of ether oxygens (including phenoxy) is 2. The summed E-state index contributed by atoms with van der Waals surface area (Å²) in [6.07, 6.45) is 1.55. The number of nitrogens with zero attached hydrogens (tertiary/aromatic N) is 2. The number of nitrogens with one attached hydrogen (secondary N) is 2. The molecule has 0 saturated heterocycles. The second kappa shape index (κ2) is 9.52. The first-order valence-electron chi connectivity index (χ1n) is 8.36. The van der Waals surface area contributed by atoms with E-state index in [2.05, 4.69) is 15.6 Å². The molecule has 0 fully saturated rings. The van der Waals surface area contributed by atoms with E-state index >= 15 is 0 Å². The molecule has 0 spiro atoms. The third kappa shape index (κ3) is 4.91. The van der Waals surface area contributed by atoms with Gasteiger partial charge in [-0.1, -0.05) is 40.9 Å². The van der Waals surface area contributed by atoms with Crippen LogP contribution in [0, 0.1) is 4.77 Å². The molecule has 0 amide bonds. The molecule has 0 saturated carbocycles. The Bertz CT molecular complexity index is 1000. The predicted molar refractivity (Wildman–Crippen MR) is 114 cm³/mol. The zero-order chi connectivity index (χ0) is 20.1. The van der Waals surface area contributed by atoms with Gasteiger partial charge in [-0.2, -0.15) is 5.10 Å². The van der Waals surface area contributed by atoms with Gasteiger partial charge in [0.1, 0.15) is 12.9 Å². The van der Waals surface area contributed by atoms with E-state index in [1.54, 1.807) is 35.3 Å². The number of aromatic nitrogens is 3. The SMILES string of the molecule is CCOc1cc(CNn2cn[nH]c2=S)cc(Cl)c1OCc1c(Cl)cccc1Cl. The lowest BCUT2D eigenvalue weighted by atomic mass is 10.2. The number of hydrogen-bond acceptors (Lipinski definition) is 5. The average Bonchev–Trinajstić information content (AvgIpc) is 3.06. The van der Waals surface area contributed by atoms with Crippen LogP contribution in [0.1, 0.15) is 18.1 Å². The monoisotopic (exact) mass is 458 g/mol. The largest absolute Gasteiger partial charge is 0.490 e. The molecule has 3 aromatic rings. The van der Waals surface area contributed by atoms with E-state index < -0.39 is 0 Å². The van der Waals surface area contributed by atoms with Crippen molar-refractivity contribution in [3.05, 3.63) is 67.6 Å². The van der Waals surface area contributed by atoms with Gasteiger partial charge in [-0.05, 0) is 49.0 Å². The maximum atomic E-state index is 6.46. The number of benzene rings is 2. The Labute approximate surface area is 182 Å². The number of halogens is 3. The Balaban J connectivity index is 1.80. The van der Waals surface area contributed by atoms with Crippen LogP contribution in [-0.4, -0.2) is 21.5 Å². The van der Waals surface area contributed by atoms with Crippen molar-refractivity contribution in [1.82, 2.24) is 14.9 Å². The second-order valence-corrected chi connectivity index (χ2v) is 7.30. The lowest BCUT2D eigenvalue weighted by Crippen LogP contribution is -2.13. The summed E-state index contributed by atoms with van der Waals surface area (Å²) in [4.78, 5) is 0. The molecule has 2 aromatic carbocycles. The third-order valence-corrected chi connectivity index (χ3v) is 5.07. The summed E-state index contributed by atoms with van der Waals surface area (Å²) in [6.45, 7) is 2.98. The molecule has 1 aromatic heterocycles. The van der Waals surface area contributed by atoms with Crippen LogP contribution in [0.15, 0.2) is 36.7 Å². The summed E-state index contributed by atoms with van der Waals surface area (Å²) in [7, 11) is 0. The summed E-state index contributed by atoms with van der Waals surface area (Å²) in [6, 6.07) is 8.95. The van der Waals surface area contributed by atoms with Crippen LogP contribution in [0.3, 0.4) is 0 Å². The van der Waals surface area contributed by atoms with Gasteiger partial charge < -0.3 is 14.9 Å². The number of hydrogen-bond donors (Lipinski definition) is 2. The Morgan fingerprint density at radius 2 is 1.89 bits per heavy atom. The molecule has 0 radical (unpaired) electrons. The van der Waals surface area contributed by atoms with Gasteiger partial charge in [0.15, 0.2) is 11.5 Å². The van der Waals surface area contributed by atoms with E-state index in [9.17, 15) is 0 Å². The summed E-state index contributed by atoms with van der Waals surface area (Å²) < 4.78 is 13.7. The zero-order valence-electron chi connectivity index (χ0n) is 14.8. The standard InChI is InChI=1S/C18H17Cl3N4O2S/c1-2-26-16-7-11(8-23-25-10-22-24-18(25)28)6-15(21)17(16)27-9-12-13(19)4-3-5-14(12)20/h3-7,10,23H,2,8-9H2,1H3,(H,24,28). The summed E-state index contributed by atoms with van der Waals surface area (Å²) >= 11 is 24.0. The third-order valence-electron chi connectivity index (χ3n) is 3.80. The maximum absolute atomic E-state index is 6.46. The molecule has 2 N–H and O–H groups in total. The van der Waals surface area contributed by atoms with Crippen molar-refractivity contribution in [3.63, 3.8) is 0 Å². The molecule has 3 rings (SSSR count). The van der Waals surface area contributed by atoms with E-state index in [4.69, 9.17) is 56.5 Å². The first-order chi connectivity index (χ1) is 13.5. The smallest absolute Gasteiger partial charge is 0.214 e. The molecule has 6 nitrogen and oxygen atoms in total. The van der Waals surface area contributed by atoms with Gasteiger partial charge in [-0.3, -0.25) is 5.10 Å². The highest BCUT2D eigenvalue weighted by atomic mass is 35.5. The van der Waals surface area contributed by atoms with Crippen LogP contribution in [0.25, 0.3) is 0 Å². The zero-order valence-corrected chi connectivity index (χ0v) is 17.9. The Morgan fingerprint density at radius 3 is 2.54 bits per heavy atom. The topological polar surface area (TPSA) is 64.1 Å². The molecule has 28 heavy (non-hydrogen) atoms. The van der Waals surface area contributed by atoms with Crippen LogP contribution in [0.5, 0.6) is 11.5 Å². The van der Waals surface area contributed by atoms with Gasteiger partial charge in [0, 0.05) is 15.6 Å². The van der Waals surface area contributed by atoms with Gasteiger partial charge in [0.25, 0.3) is 0 Å². The first-order valence-corrected chi connectivity index (χ1v) is 9.90. The summed E-state index contributed by atoms with van der Waals surface area (Å²) in [5.41, 5.74) is 4.70. The Kier molecular flexibility index (Phi) is 7.07. The van der Waals surface area contributed by atoms with Crippen LogP contribution in [-0.2, 0) is 13.2 Å². The fourth-order valence-electron chi connectivity index (χ4n) is 2.48. The van der Waals surface area contributed by atoms with Gasteiger partial charge in [0.2, 0.25) is 4.77 Å². The van der Waals surface area contributed by atoms with Gasteiger partial charge >= 0.3 is 0 Å². The van der Waals surface area contributed by atoms with E-state index in [0.29, 0.717) is 50.1 Å². The summed E-state index contributed by atoms with van der Waals surface area (Å²) in [5, 5.41) is 8.00. The molecule has 0 atom stereocenters. The van der Waals surface area contributed by atoms with Crippen LogP contribution in [0.2, 0.25) is 15.1 Å². The van der Waals surface area contributed by atoms with Gasteiger partial charge in [-0.25, -0.2) is 4.68 Å². The van der Waals surface area contributed by atoms with E-state index in [0.717, 1.165) is 5.56 Å². The first kappa shape index (κ1) is 20.8. The minimum absolute atomic E-state index is 0.167. The maximum Gasteiger partial charge on any atom is 0.214 e. The van der Waals surface area contributed by atoms with E-state index in [-0.39, 0.29) is 6.61 Å². The fraction of sp³-hybridized carbons (Fsp3) is 0.222. The normalized spacial score (nSPS) is 10.7. The van der Waals surface area contributed by atoms with Crippen molar-refractivity contribution in [2.24, 2.45) is 0 Å². The highest BCUT2D eigenvalue weighted by molar-refractivity contribution is 7.71. The number of H-pyrrole nitrogens is 1. The van der Waals surface area contributed by atoms with Gasteiger partial charge in [-0.15, -0.1) is 0 Å². The number of aromatic amines is 1. The van der Waals surface area contributed by atoms with Crippen LogP contribution >= 0.6 is 47.0 Å². The Hall–Kier alpha value is -1.93. The van der Waals surface area contributed by atoms with Crippen molar-refractivity contribution in [3.8, 4) is 11.5 Å². The predicted octanol–water partition coefficient (Wildman–Crippen LogP) is 5.62. The molecule has 148 valence electrons. The van der Waals surface area contributed by atoms with Crippen molar-refractivity contribution in [2.45, 2.75) is 20.1 Å². The Morgan fingerprint density at radius 1 is 1.14 bits per heavy atom. The molecule has 0 aliphatic carbocycles. The summed E-state index contributed by atoms with van der Waals surface area (Å²) in [5.74, 6) is 0.967. The minimum atomic E-state index is 0.167. The minimum Gasteiger partial charge on any atom is -0.490 e. The molecule has 0 aliphatic heterocycles. The molecule has 10 heteroatoms. The molecule has 0 aliphatic rings. The number of rotatable bonds is 8. The highest BCUT2D eigenvalue weighted by Crippen LogP contribution is 2.38. The van der Waals surface area contributed by atoms with E-state index in [1.165, 1.54) is 0 Å². The van der Waals surface area contributed by atoms with Crippen molar-refractivity contribution >= 4 is 47.0 Å². The van der Waals surface area contributed by atoms with Crippen LogP contribution < -0.4 is 14.9 Å². The van der Waals surface area contributed by atoms with E-state index in [1.807, 2.05) is 13.0 Å². The molecular weight excluding hydrogens is 443 g/mol.